The second kappa shape index (κ2) is 11.6. The van der Waals surface area contributed by atoms with Crippen LogP contribution in [0, 0.1) is 0 Å². The number of unbranched alkanes of at least 4 members (excludes halogenated alkanes) is 1. The molecule has 1 aromatic rings. The molecule has 0 unspecified atom stereocenters. The fourth-order valence-electron chi connectivity index (χ4n) is 2.45. The second-order valence-corrected chi connectivity index (χ2v) is 7.69. The highest BCUT2D eigenvalue weighted by molar-refractivity contribution is 7.53. The van der Waals surface area contributed by atoms with Crippen LogP contribution >= 0.6 is 7.60 Å². The molecule has 0 aromatic heterocycles. The van der Waals surface area contributed by atoms with Crippen molar-refractivity contribution >= 4 is 13.4 Å². The first-order chi connectivity index (χ1) is 11.1. The van der Waals surface area contributed by atoms with Crippen LogP contribution in [0.5, 0.6) is 0 Å². The van der Waals surface area contributed by atoms with E-state index in [1.807, 2.05) is 32.0 Å². The van der Waals surface area contributed by atoms with Gasteiger partial charge in [-0.15, -0.1) is 0 Å². The lowest BCUT2D eigenvalue weighted by Crippen LogP contribution is -2.03. The highest BCUT2D eigenvalue weighted by Crippen LogP contribution is 2.48. The number of benzene rings is 1. The van der Waals surface area contributed by atoms with Crippen LogP contribution in [0.1, 0.15) is 51.5 Å². The highest BCUT2D eigenvalue weighted by atomic mass is 31.2. The molecule has 0 amide bonds. The molecule has 4 nitrogen and oxygen atoms in total. The third-order valence-electron chi connectivity index (χ3n) is 3.55. The summed E-state index contributed by atoms with van der Waals surface area (Å²) in [6.45, 7) is 4.38. The maximum Gasteiger partial charge on any atom is 0.330 e. The van der Waals surface area contributed by atoms with E-state index in [-0.39, 0.29) is 5.78 Å². The average Bonchev–Trinajstić information content (AvgIpc) is 2.53. The summed E-state index contributed by atoms with van der Waals surface area (Å²) >= 11 is 0. The molecule has 0 aliphatic carbocycles. The minimum atomic E-state index is -2.95. The van der Waals surface area contributed by atoms with Gasteiger partial charge in [-0.05, 0) is 45.1 Å². The molecule has 0 radical (unpaired) electrons. The predicted octanol–water partition coefficient (Wildman–Crippen LogP) is 5.01. The quantitative estimate of drug-likeness (QED) is 0.374. The lowest BCUT2D eigenvalue weighted by molar-refractivity contribution is -0.119. The van der Waals surface area contributed by atoms with E-state index in [2.05, 4.69) is 12.1 Å². The smallest absolute Gasteiger partial charge is 0.309 e. The number of aryl methyl sites for hydroxylation is 1. The van der Waals surface area contributed by atoms with Gasteiger partial charge in [-0.3, -0.25) is 9.36 Å². The van der Waals surface area contributed by atoms with Crippen molar-refractivity contribution in [1.29, 1.82) is 0 Å². The van der Waals surface area contributed by atoms with Crippen molar-refractivity contribution in [2.45, 2.75) is 52.4 Å². The van der Waals surface area contributed by atoms with Gasteiger partial charge in [-0.1, -0.05) is 30.3 Å². The number of rotatable bonds is 13. The molecular formula is C18H29O4P. The molecule has 0 spiro atoms. The first kappa shape index (κ1) is 20.1. The van der Waals surface area contributed by atoms with E-state index in [9.17, 15) is 9.36 Å². The van der Waals surface area contributed by atoms with Gasteiger partial charge in [0.05, 0.1) is 19.4 Å². The molecule has 0 N–H and O–H groups in total. The largest absolute Gasteiger partial charge is 0.330 e. The average molecular weight is 340 g/mol. The van der Waals surface area contributed by atoms with E-state index in [4.69, 9.17) is 9.05 Å². The Morgan fingerprint density at radius 3 is 2.17 bits per heavy atom. The van der Waals surface area contributed by atoms with E-state index in [0.717, 1.165) is 19.3 Å². The van der Waals surface area contributed by atoms with Crippen LogP contribution in [0.25, 0.3) is 0 Å². The Labute approximate surface area is 140 Å². The van der Waals surface area contributed by atoms with Gasteiger partial charge in [0.15, 0.2) is 0 Å². The summed E-state index contributed by atoms with van der Waals surface area (Å²) in [6, 6.07) is 10.2. The third-order valence-corrected chi connectivity index (χ3v) is 5.72. The molecule has 1 rings (SSSR count). The van der Waals surface area contributed by atoms with Crippen molar-refractivity contribution in [3.8, 4) is 0 Å². The number of ketones is 1. The van der Waals surface area contributed by atoms with Crippen molar-refractivity contribution in [3.05, 3.63) is 35.9 Å². The molecule has 5 heteroatoms. The van der Waals surface area contributed by atoms with Crippen molar-refractivity contribution in [2.75, 3.05) is 19.4 Å². The number of hydrogen-bond acceptors (Lipinski definition) is 4. The fraction of sp³-hybridized carbons (Fsp3) is 0.611. The number of carbonyl (C=O) groups excluding carboxylic acids is 1. The van der Waals surface area contributed by atoms with Crippen molar-refractivity contribution in [2.24, 2.45) is 0 Å². The Morgan fingerprint density at radius 2 is 1.57 bits per heavy atom. The monoisotopic (exact) mass is 340 g/mol. The molecule has 0 atom stereocenters. The topological polar surface area (TPSA) is 52.6 Å². The molecule has 1 aromatic carbocycles. The molecule has 0 saturated heterocycles. The van der Waals surface area contributed by atoms with E-state index in [0.29, 0.717) is 38.6 Å². The van der Waals surface area contributed by atoms with E-state index < -0.39 is 7.60 Å². The summed E-state index contributed by atoms with van der Waals surface area (Å²) < 4.78 is 22.7. The van der Waals surface area contributed by atoms with Crippen LogP contribution in [0.4, 0.5) is 0 Å². The number of Topliss-reactive ketones (excluding diaryl/α,β-unsaturated/α-hetero) is 1. The standard InChI is InChI=1S/C18H29O4P/c1-3-21-23(20,22-4-2)16-9-8-14-18(19)15-10-13-17-11-6-5-7-12-17/h5-7,11-12H,3-4,8-10,13-16H2,1-2H3. The lowest BCUT2D eigenvalue weighted by atomic mass is 10.0. The molecule has 0 bridgehead atoms. The SMILES string of the molecule is CCOP(=O)(CCCCC(=O)CCCc1ccccc1)OCC. The van der Waals surface area contributed by atoms with E-state index in [1.165, 1.54) is 5.56 Å². The van der Waals surface area contributed by atoms with E-state index >= 15 is 0 Å². The summed E-state index contributed by atoms with van der Waals surface area (Å²) in [7, 11) is -2.95. The van der Waals surface area contributed by atoms with Crippen LogP contribution in [0.3, 0.4) is 0 Å². The number of carbonyl (C=O) groups is 1. The Hall–Kier alpha value is -0.960. The molecule has 0 saturated carbocycles. The van der Waals surface area contributed by atoms with Crippen LogP contribution in [-0.2, 0) is 24.8 Å². The van der Waals surface area contributed by atoms with Crippen LogP contribution in [0.15, 0.2) is 30.3 Å². The minimum absolute atomic E-state index is 0.281. The first-order valence-electron chi connectivity index (χ1n) is 8.53. The Bertz CT molecular complexity index is 477. The molecule has 0 heterocycles. The van der Waals surface area contributed by atoms with Gasteiger partial charge in [0.1, 0.15) is 5.78 Å². The van der Waals surface area contributed by atoms with Crippen LogP contribution in [0.2, 0.25) is 0 Å². The van der Waals surface area contributed by atoms with Gasteiger partial charge in [-0.25, -0.2) is 0 Å². The molecule has 0 fully saturated rings. The summed E-state index contributed by atoms with van der Waals surface area (Å²) in [6.07, 6.45) is 4.83. The predicted molar refractivity (Wildman–Crippen MR) is 94.0 cm³/mol. The Morgan fingerprint density at radius 1 is 0.957 bits per heavy atom. The summed E-state index contributed by atoms with van der Waals surface area (Å²) in [5.74, 6) is 0.281. The highest BCUT2D eigenvalue weighted by Gasteiger charge is 2.22. The maximum absolute atomic E-state index is 12.3. The zero-order valence-electron chi connectivity index (χ0n) is 14.3. The number of hydrogen-bond donors (Lipinski definition) is 0. The summed E-state index contributed by atoms with van der Waals surface area (Å²) in [4.78, 5) is 11.9. The van der Waals surface area contributed by atoms with Gasteiger partial charge in [0.25, 0.3) is 0 Å². The summed E-state index contributed by atoms with van der Waals surface area (Å²) in [5, 5.41) is 0. The van der Waals surface area contributed by atoms with Gasteiger partial charge >= 0.3 is 7.60 Å². The molecule has 0 aliphatic rings. The van der Waals surface area contributed by atoms with Crippen LogP contribution < -0.4 is 0 Å². The first-order valence-corrected chi connectivity index (χ1v) is 10.3. The Kier molecular flexibility index (Phi) is 10.1. The minimum Gasteiger partial charge on any atom is -0.309 e. The fourth-order valence-corrected chi connectivity index (χ4v) is 4.18. The van der Waals surface area contributed by atoms with Crippen molar-refractivity contribution in [3.63, 3.8) is 0 Å². The normalized spacial score (nSPS) is 11.6. The van der Waals surface area contributed by atoms with Gasteiger partial charge in [0.2, 0.25) is 0 Å². The molecule has 130 valence electrons. The van der Waals surface area contributed by atoms with Crippen molar-refractivity contribution < 1.29 is 18.4 Å². The molecular weight excluding hydrogens is 311 g/mol. The second-order valence-electron chi connectivity index (χ2n) is 5.50. The van der Waals surface area contributed by atoms with Gasteiger partial charge < -0.3 is 9.05 Å². The van der Waals surface area contributed by atoms with Gasteiger partial charge in [-0.2, -0.15) is 0 Å². The lowest BCUT2D eigenvalue weighted by Gasteiger charge is -2.16. The molecule has 23 heavy (non-hydrogen) atoms. The summed E-state index contributed by atoms with van der Waals surface area (Å²) in [5.41, 5.74) is 1.27. The maximum atomic E-state index is 12.3. The molecule has 0 aliphatic heterocycles. The van der Waals surface area contributed by atoms with Gasteiger partial charge in [0, 0.05) is 12.8 Å². The van der Waals surface area contributed by atoms with E-state index in [1.54, 1.807) is 0 Å². The third kappa shape index (κ3) is 9.04. The zero-order valence-corrected chi connectivity index (χ0v) is 15.2. The Balaban J connectivity index is 2.15. The van der Waals surface area contributed by atoms with Crippen molar-refractivity contribution in [1.82, 2.24) is 0 Å². The van der Waals surface area contributed by atoms with Crippen LogP contribution in [-0.4, -0.2) is 25.2 Å². The zero-order chi connectivity index (χ0) is 17.0.